The largest absolute Gasteiger partial charge is 0.454 e. The molecule has 1 saturated heterocycles. The maximum Gasteiger partial charge on any atom is 0.253 e. The van der Waals surface area contributed by atoms with Gasteiger partial charge in [-0.25, -0.2) is 13.1 Å². The molecule has 23 heavy (non-hydrogen) atoms. The van der Waals surface area contributed by atoms with Gasteiger partial charge in [-0.1, -0.05) is 0 Å². The lowest BCUT2D eigenvalue weighted by Crippen LogP contribution is -2.46. The lowest BCUT2D eigenvalue weighted by Gasteiger charge is -2.32. The summed E-state index contributed by atoms with van der Waals surface area (Å²) in [6.07, 6.45) is 1.24. The highest BCUT2D eigenvalue weighted by molar-refractivity contribution is 7.89. The number of likely N-dealkylation sites (tertiary alicyclic amines) is 1. The summed E-state index contributed by atoms with van der Waals surface area (Å²) in [5.74, 6) is 1.24. The van der Waals surface area contributed by atoms with E-state index in [0.717, 1.165) is 0 Å². The Kier molecular flexibility index (Phi) is 4.45. The van der Waals surface area contributed by atoms with Crippen LogP contribution in [0.15, 0.2) is 18.2 Å². The molecule has 1 aromatic rings. The van der Waals surface area contributed by atoms with Gasteiger partial charge in [-0.3, -0.25) is 4.79 Å². The normalized spacial score (nSPS) is 18.2. The van der Waals surface area contributed by atoms with Gasteiger partial charge in [0.15, 0.2) is 11.5 Å². The number of nitrogens with zero attached hydrogens (tertiary/aromatic N) is 1. The van der Waals surface area contributed by atoms with Crippen LogP contribution in [-0.2, 0) is 10.0 Å². The van der Waals surface area contributed by atoms with Crippen molar-refractivity contribution in [2.24, 2.45) is 0 Å². The molecular weight excluding hydrogens is 320 g/mol. The van der Waals surface area contributed by atoms with Crippen LogP contribution in [0, 0.1) is 0 Å². The van der Waals surface area contributed by atoms with Crippen LogP contribution in [0.3, 0.4) is 0 Å². The first-order valence-electron chi connectivity index (χ1n) is 7.67. The number of rotatable bonds is 4. The minimum absolute atomic E-state index is 0.0694. The molecule has 0 bridgehead atoms. The fourth-order valence-electron chi connectivity index (χ4n) is 2.75. The van der Waals surface area contributed by atoms with Crippen molar-refractivity contribution in [2.75, 3.05) is 25.6 Å². The molecule has 126 valence electrons. The van der Waals surface area contributed by atoms with Crippen molar-refractivity contribution in [1.82, 2.24) is 9.62 Å². The third-order valence-electron chi connectivity index (χ3n) is 4.13. The van der Waals surface area contributed by atoms with Crippen molar-refractivity contribution >= 4 is 15.9 Å². The van der Waals surface area contributed by atoms with Crippen LogP contribution in [0.4, 0.5) is 0 Å². The Labute approximate surface area is 135 Å². The van der Waals surface area contributed by atoms with E-state index >= 15 is 0 Å². The summed E-state index contributed by atoms with van der Waals surface area (Å²) in [6, 6.07) is 5.05. The highest BCUT2D eigenvalue weighted by Gasteiger charge is 2.26. The van der Waals surface area contributed by atoms with Gasteiger partial charge < -0.3 is 14.4 Å². The van der Waals surface area contributed by atoms with Crippen molar-refractivity contribution in [3.05, 3.63) is 23.8 Å². The summed E-state index contributed by atoms with van der Waals surface area (Å²) >= 11 is 0. The maximum absolute atomic E-state index is 12.5. The van der Waals surface area contributed by atoms with E-state index in [1.54, 1.807) is 30.0 Å². The molecule has 1 fully saturated rings. The fourth-order valence-corrected chi connectivity index (χ4v) is 3.66. The third kappa shape index (κ3) is 3.59. The summed E-state index contributed by atoms with van der Waals surface area (Å²) < 4.78 is 36.4. The molecule has 0 aliphatic carbocycles. The predicted octanol–water partition coefficient (Wildman–Crippen LogP) is 0.959. The molecule has 2 heterocycles. The molecule has 3 rings (SSSR count). The Morgan fingerprint density at radius 3 is 2.65 bits per heavy atom. The molecule has 0 saturated carbocycles. The number of amides is 1. The van der Waals surface area contributed by atoms with Crippen LogP contribution in [0.1, 0.15) is 30.1 Å². The number of hydrogen-bond acceptors (Lipinski definition) is 5. The zero-order valence-corrected chi connectivity index (χ0v) is 13.8. The summed E-state index contributed by atoms with van der Waals surface area (Å²) in [7, 11) is -3.20. The van der Waals surface area contributed by atoms with Gasteiger partial charge >= 0.3 is 0 Å². The molecule has 2 aliphatic heterocycles. The Morgan fingerprint density at radius 2 is 1.96 bits per heavy atom. The summed E-state index contributed by atoms with van der Waals surface area (Å²) in [6.45, 7) is 2.85. The second-order valence-electron chi connectivity index (χ2n) is 5.66. The van der Waals surface area contributed by atoms with E-state index in [9.17, 15) is 13.2 Å². The smallest absolute Gasteiger partial charge is 0.253 e. The molecule has 0 aromatic heterocycles. The highest BCUT2D eigenvalue weighted by atomic mass is 32.2. The van der Waals surface area contributed by atoms with Crippen LogP contribution in [0.5, 0.6) is 11.5 Å². The molecule has 2 aliphatic rings. The number of nitrogens with one attached hydrogen (secondary N) is 1. The maximum atomic E-state index is 12.5. The molecule has 0 unspecified atom stereocenters. The molecule has 0 spiro atoms. The van der Waals surface area contributed by atoms with Gasteiger partial charge in [0.1, 0.15) is 0 Å². The van der Waals surface area contributed by atoms with E-state index in [1.807, 2.05) is 0 Å². The van der Waals surface area contributed by atoms with E-state index in [4.69, 9.17) is 9.47 Å². The van der Waals surface area contributed by atoms with Gasteiger partial charge in [0.05, 0.1) is 5.75 Å². The first-order chi connectivity index (χ1) is 11.0. The van der Waals surface area contributed by atoms with E-state index in [1.165, 1.54) is 0 Å². The zero-order valence-electron chi connectivity index (χ0n) is 12.9. The molecule has 0 radical (unpaired) electrons. The molecule has 7 nitrogen and oxygen atoms in total. The highest BCUT2D eigenvalue weighted by Crippen LogP contribution is 2.33. The number of carbonyl (C=O) groups is 1. The quantitative estimate of drug-likeness (QED) is 0.882. The first kappa shape index (κ1) is 16.1. The Balaban J connectivity index is 1.60. The van der Waals surface area contributed by atoms with Gasteiger partial charge in [0.2, 0.25) is 16.8 Å². The van der Waals surface area contributed by atoms with E-state index < -0.39 is 10.0 Å². The Morgan fingerprint density at radius 1 is 1.26 bits per heavy atom. The van der Waals surface area contributed by atoms with Crippen LogP contribution >= 0.6 is 0 Å². The first-order valence-corrected chi connectivity index (χ1v) is 9.32. The lowest BCUT2D eigenvalue weighted by molar-refractivity contribution is 0.0711. The standard InChI is InChI=1S/C15H20N2O5S/c1-2-23(19,20)16-12-5-7-17(8-6-12)15(18)11-3-4-13-14(9-11)22-10-21-13/h3-4,9,12,16H,2,5-8,10H2,1H3. The van der Waals surface area contributed by atoms with Crippen LogP contribution < -0.4 is 14.2 Å². The number of ether oxygens (including phenoxy) is 2. The monoisotopic (exact) mass is 340 g/mol. The van der Waals surface area contributed by atoms with E-state index in [0.29, 0.717) is 43.0 Å². The topological polar surface area (TPSA) is 84.9 Å². The molecule has 1 aromatic carbocycles. The van der Waals surface area contributed by atoms with Crippen LogP contribution in [0.25, 0.3) is 0 Å². The van der Waals surface area contributed by atoms with Gasteiger partial charge in [0.25, 0.3) is 5.91 Å². The van der Waals surface area contributed by atoms with Crippen molar-refractivity contribution < 1.29 is 22.7 Å². The molecule has 1 amide bonds. The SMILES string of the molecule is CCS(=O)(=O)NC1CCN(C(=O)c2ccc3c(c2)OCO3)CC1. The number of fused-ring (bicyclic) bond motifs is 1. The lowest BCUT2D eigenvalue weighted by atomic mass is 10.0. The molecular formula is C15H20N2O5S. The molecule has 0 atom stereocenters. The van der Waals surface area contributed by atoms with Crippen LogP contribution in [-0.4, -0.2) is 50.9 Å². The van der Waals surface area contributed by atoms with Crippen LogP contribution in [0.2, 0.25) is 0 Å². The average molecular weight is 340 g/mol. The minimum Gasteiger partial charge on any atom is -0.454 e. The fraction of sp³-hybridized carbons (Fsp3) is 0.533. The number of sulfonamides is 1. The zero-order chi connectivity index (χ0) is 16.4. The predicted molar refractivity (Wildman–Crippen MR) is 84.1 cm³/mol. The summed E-state index contributed by atoms with van der Waals surface area (Å²) in [4.78, 5) is 14.3. The number of piperidine rings is 1. The second kappa shape index (κ2) is 6.37. The number of carbonyl (C=O) groups excluding carboxylic acids is 1. The second-order valence-corrected chi connectivity index (χ2v) is 7.70. The summed E-state index contributed by atoms with van der Waals surface area (Å²) in [5.41, 5.74) is 0.557. The Bertz CT molecular complexity index is 696. The molecule has 8 heteroatoms. The van der Waals surface area contributed by atoms with Gasteiger partial charge in [0, 0.05) is 24.7 Å². The van der Waals surface area contributed by atoms with Crippen molar-refractivity contribution in [3.63, 3.8) is 0 Å². The number of hydrogen-bond donors (Lipinski definition) is 1. The average Bonchev–Trinajstić information content (AvgIpc) is 3.02. The third-order valence-corrected chi connectivity index (χ3v) is 5.58. The van der Waals surface area contributed by atoms with Gasteiger partial charge in [-0.2, -0.15) is 0 Å². The minimum atomic E-state index is -3.20. The van der Waals surface area contributed by atoms with Crippen molar-refractivity contribution in [3.8, 4) is 11.5 Å². The Hall–Kier alpha value is -1.80. The van der Waals surface area contributed by atoms with Gasteiger partial charge in [-0.15, -0.1) is 0 Å². The molecule has 1 N–H and O–H groups in total. The van der Waals surface area contributed by atoms with Crippen molar-refractivity contribution in [2.45, 2.75) is 25.8 Å². The van der Waals surface area contributed by atoms with Gasteiger partial charge in [-0.05, 0) is 38.0 Å². The summed E-state index contributed by atoms with van der Waals surface area (Å²) in [5, 5.41) is 0. The van der Waals surface area contributed by atoms with E-state index in [-0.39, 0.29) is 24.5 Å². The van der Waals surface area contributed by atoms with Crippen molar-refractivity contribution in [1.29, 1.82) is 0 Å². The van der Waals surface area contributed by atoms with E-state index in [2.05, 4.69) is 4.72 Å². The number of benzene rings is 1.